The van der Waals surface area contributed by atoms with Crippen LogP contribution in [-0.2, 0) is 4.79 Å². The molecule has 0 radical (unpaired) electrons. The summed E-state index contributed by atoms with van der Waals surface area (Å²) in [6.07, 6.45) is 1.71. The Balaban J connectivity index is 1.52. The van der Waals surface area contributed by atoms with Gasteiger partial charge in [-0.2, -0.15) is 15.1 Å². The van der Waals surface area contributed by atoms with Gasteiger partial charge >= 0.3 is 0 Å². The van der Waals surface area contributed by atoms with Gasteiger partial charge in [0.2, 0.25) is 5.17 Å². The monoisotopic (exact) mass is 489 g/mol. The molecule has 1 N–H and O–H groups in total. The highest BCUT2D eigenvalue weighted by atomic mass is 35.5. The standard InChI is InChI=1S/C25H20ClN5O2S/c1-14-11-16(15(2)30(14)17-7-6-8-18(13-17)33-3)12-20-22(27)31-25(28-23(20)32)34-24(29-31)19-9-4-5-10-21(19)26/h4-13,27H,1-3H3/b20-12-,27-22?. The van der Waals surface area contributed by atoms with E-state index in [1.54, 1.807) is 19.3 Å². The molecule has 3 heterocycles. The molecule has 3 aromatic rings. The number of aliphatic imine (C=N–C) groups is 1. The van der Waals surface area contributed by atoms with Crippen LogP contribution in [0.5, 0.6) is 5.75 Å². The van der Waals surface area contributed by atoms with E-state index in [1.165, 1.54) is 16.8 Å². The first-order chi connectivity index (χ1) is 16.4. The van der Waals surface area contributed by atoms with Crippen molar-refractivity contribution >= 4 is 51.4 Å². The number of thioether (sulfide) groups is 1. The lowest BCUT2D eigenvalue weighted by molar-refractivity contribution is -0.114. The fraction of sp³-hybridized carbons (Fsp3) is 0.120. The van der Waals surface area contributed by atoms with Crippen molar-refractivity contribution in [3.63, 3.8) is 0 Å². The largest absolute Gasteiger partial charge is 0.497 e. The molecule has 1 aromatic heterocycles. The minimum atomic E-state index is -0.467. The van der Waals surface area contributed by atoms with Gasteiger partial charge in [-0.25, -0.2) is 0 Å². The number of carbonyl (C=O) groups excluding carboxylic acids is 1. The van der Waals surface area contributed by atoms with E-state index in [9.17, 15) is 4.79 Å². The van der Waals surface area contributed by atoms with Gasteiger partial charge in [0.1, 0.15) is 10.8 Å². The summed E-state index contributed by atoms with van der Waals surface area (Å²) in [5.74, 6) is 0.274. The van der Waals surface area contributed by atoms with E-state index >= 15 is 0 Å². The van der Waals surface area contributed by atoms with Crippen molar-refractivity contribution in [2.45, 2.75) is 13.8 Å². The summed E-state index contributed by atoms with van der Waals surface area (Å²) in [5, 5.41) is 16.1. The van der Waals surface area contributed by atoms with Gasteiger partial charge in [0, 0.05) is 28.7 Å². The number of amidine groups is 2. The van der Waals surface area contributed by atoms with Crippen LogP contribution >= 0.6 is 23.4 Å². The predicted octanol–water partition coefficient (Wildman–Crippen LogP) is 5.42. The van der Waals surface area contributed by atoms with Crippen LogP contribution in [-0.4, -0.2) is 38.6 Å². The molecule has 0 bridgehead atoms. The molecule has 2 aliphatic heterocycles. The van der Waals surface area contributed by atoms with E-state index in [2.05, 4.69) is 14.7 Å². The number of ether oxygens (including phenoxy) is 1. The Morgan fingerprint density at radius 2 is 1.91 bits per heavy atom. The molecule has 0 unspecified atom stereocenters. The second kappa shape index (κ2) is 8.62. The van der Waals surface area contributed by atoms with E-state index in [4.69, 9.17) is 21.7 Å². The number of fused-ring (bicyclic) bond motifs is 1. The van der Waals surface area contributed by atoms with Gasteiger partial charge in [-0.15, -0.1) is 0 Å². The van der Waals surface area contributed by atoms with Gasteiger partial charge in [-0.05, 0) is 61.5 Å². The Morgan fingerprint density at radius 3 is 2.68 bits per heavy atom. The number of methoxy groups -OCH3 is 1. The Bertz CT molecular complexity index is 1450. The molecule has 2 aliphatic rings. The van der Waals surface area contributed by atoms with Gasteiger partial charge in [0.15, 0.2) is 5.84 Å². The third kappa shape index (κ3) is 3.74. The Kier molecular flexibility index (Phi) is 5.63. The van der Waals surface area contributed by atoms with Crippen molar-refractivity contribution < 1.29 is 9.53 Å². The molecule has 0 spiro atoms. The summed E-state index contributed by atoms with van der Waals surface area (Å²) in [6, 6.07) is 17.1. The van der Waals surface area contributed by atoms with Crippen LogP contribution in [0.1, 0.15) is 22.5 Å². The van der Waals surface area contributed by atoms with Crippen LogP contribution in [0.2, 0.25) is 5.02 Å². The second-order valence-electron chi connectivity index (χ2n) is 7.77. The van der Waals surface area contributed by atoms with E-state index in [1.807, 2.05) is 62.4 Å². The molecule has 1 amide bonds. The highest BCUT2D eigenvalue weighted by Crippen LogP contribution is 2.33. The maximum absolute atomic E-state index is 12.9. The third-order valence-electron chi connectivity index (χ3n) is 5.64. The topological polar surface area (TPSA) is 83.0 Å². The number of hydrazone groups is 1. The quantitative estimate of drug-likeness (QED) is 0.496. The fourth-order valence-corrected chi connectivity index (χ4v) is 5.18. The molecule has 5 rings (SSSR count). The van der Waals surface area contributed by atoms with E-state index in [0.29, 0.717) is 15.2 Å². The normalized spacial score (nSPS) is 16.6. The van der Waals surface area contributed by atoms with Crippen molar-refractivity contribution in [1.29, 1.82) is 5.41 Å². The molecule has 170 valence electrons. The highest BCUT2D eigenvalue weighted by molar-refractivity contribution is 8.27. The number of hydrogen-bond donors (Lipinski definition) is 1. The number of nitrogens with one attached hydrogen (secondary N) is 1. The van der Waals surface area contributed by atoms with Crippen LogP contribution in [0.3, 0.4) is 0 Å². The van der Waals surface area contributed by atoms with Gasteiger partial charge in [0.25, 0.3) is 5.91 Å². The first-order valence-corrected chi connectivity index (χ1v) is 11.7. The molecule has 2 aromatic carbocycles. The molecule has 0 atom stereocenters. The molecule has 0 saturated heterocycles. The second-order valence-corrected chi connectivity index (χ2v) is 9.13. The minimum Gasteiger partial charge on any atom is -0.497 e. The first-order valence-electron chi connectivity index (χ1n) is 10.5. The van der Waals surface area contributed by atoms with Crippen LogP contribution in [0.25, 0.3) is 11.8 Å². The third-order valence-corrected chi connectivity index (χ3v) is 6.91. The van der Waals surface area contributed by atoms with Crippen LogP contribution in [0.15, 0.2) is 70.3 Å². The average Bonchev–Trinajstić information content (AvgIpc) is 3.37. The summed E-state index contributed by atoms with van der Waals surface area (Å²) in [7, 11) is 1.63. The van der Waals surface area contributed by atoms with Gasteiger partial charge < -0.3 is 9.30 Å². The van der Waals surface area contributed by atoms with Crippen molar-refractivity contribution in [3.8, 4) is 11.4 Å². The Morgan fingerprint density at radius 1 is 1.12 bits per heavy atom. The maximum atomic E-state index is 12.9. The number of amides is 1. The number of halogens is 1. The van der Waals surface area contributed by atoms with Crippen LogP contribution in [0, 0.1) is 19.3 Å². The van der Waals surface area contributed by atoms with Crippen molar-refractivity contribution in [2.24, 2.45) is 10.1 Å². The lowest BCUT2D eigenvalue weighted by Crippen LogP contribution is -2.35. The zero-order valence-corrected chi connectivity index (χ0v) is 20.2. The van der Waals surface area contributed by atoms with Crippen molar-refractivity contribution in [3.05, 3.63) is 87.7 Å². The number of nitrogens with zero attached hydrogens (tertiary/aromatic N) is 4. The van der Waals surface area contributed by atoms with Gasteiger partial charge in [-0.1, -0.05) is 35.9 Å². The molecule has 0 saturated carbocycles. The Labute approximate surface area is 205 Å². The maximum Gasteiger partial charge on any atom is 0.283 e. The van der Waals surface area contributed by atoms with Crippen LogP contribution < -0.4 is 4.74 Å². The van der Waals surface area contributed by atoms with Gasteiger partial charge in [-0.3, -0.25) is 10.2 Å². The lowest BCUT2D eigenvalue weighted by Gasteiger charge is -2.20. The zero-order valence-electron chi connectivity index (χ0n) is 18.7. The number of benzene rings is 2. The average molecular weight is 490 g/mol. The van der Waals surface area contributed by atoms with E-state index in [-0.39, 0.29) is 11.4 Å². The number of rotatable bonds is 4. The molecule has 0 fully saturated rings. The number of aromatic nitrogens is 1. The number of carbonyl (C=O) groups is 1. The molecule has 9 heteroatoms. The smallest absolute Gasteiger partial charge is 0.283 e. The fourth-order valence-electron chi connectivity index (χ4n) is 3.97. The molecular weight excluding hydrogens is 470 g/mol. The number of aryl methyl sites for hydroxylation is 1. The highest BCUT2D eigenvalue weighted by Gasteiger charge is 2.36. The summed E-state index contributed by atoms with van der Waals surface area (Å²) >= 11 is 7.54. The van der Waals surface area contributed by atoms with Crippen LogP contribution in [0.4, 0.5) is 0 Å². The summed E-state index contributed by atoms with van der Waals surface area (Å²) in [4.78, 5) is 17.1. The molecule has 7 nitrogen and oxygen atoms in total. The van der Waals surface area contributed by atoms with Crippen molar-refractivity contribution in [2.75, 3.05) is 7.11 Å². The lowest BCUT2D eigenvalue weighted by atomic mass is 10.1. The van der Waals surface area contributed by atoms with Crippen molar-refractivity contribution in [1.82, 2.24) is 9.58 Å². The van der Waals surface area contributed by atoms with E-state index in [0.717, 1.165) is 34.0 Å². The summed E-state index contributed by atoms with van der Waals surface area (Å²) in [5.41, 5.74) is 4.62. The first kappa shape index (κ1) is 22.2. The van der Waals surface area contributed by atoms with Gasteiger partial charge in [0.05, 0.1) is 17.7 Å². The summed E-state index contributed by atoms with van der Waals surface area (Å²) < 4.78 is 7.44. The molecule has 34 heavy (non-hydrogen) atoms. The number of hydrogen-bond acceptors (Lipinski definition) is 5. The van der Waals surface area contributed by atoms with E-state index < -0.39 is 5.91 Å². The predicted molar refractivity (Wildman–Crippen MR) is 137 cm³/mol. The SMILES string of the molecule is COc1cccc(-n2c(C)cc(/C=C3/C(=N)N4N=C(c5ccccc5Cl)SC4=NC3=O)c2C)c1. The Hall–Kier alpha value is -3.62. The zero-order chi connectivity index (χ0) is 24.0. The molecule has 0 aliphatic carbocycles. The molecular formula is C25H20ClN5O2S. The minimum absolute atomic E-state index is 0.0178. The summed E-state index contributed by atoms with van der Waals surface area (Å²) in [6.45, 7) is 3.97.